The Balaban J connectivity index is 0.000000254. The molecule has 2 aromatic rings. The van der Waals surface area contributed by atoms with Crippen LogP contribution in [0.2, 0.25) is 0 Å². The molecule has 182 valence electrons. The smallest absolute Gasteiger partial charge is 0.267 e. The lowest BCUT2D eigenvalue weighted by Crippen LogP contribution is -2.24. The predicted molar refractivity (Wildman–Crippen MR) is 131 cm³/mol. The second-order valence-electron chi connectivity index (χ2n) is 8.47. The molecule has 0 aliphatic heterocycles. The van der Waals surface area contributed by atoms with Crippen molar-refractivity contribution < 1.29 is 24.2 Å². The number of ether oxygens (including phenoxy) is 2. The van der Waals surface area contributed by atoms with E-state index in [1.165, 1.54) is 17.5 Å². The van der Waals surface area contributed by atoms with Crippen LogP contribution in [-0.4, -0.2) is 47.8 Å². The minimum atomic E-state index is -1.05. The van der Waals surface area contributed by atoms with Gasteiger partial charge in [0.1, 0.15) is 22.8 Å². The Kier molecular flexibility index (Phi) is 9.90. The first-order chi connectivity index (χ1) is 16.1. The van der Waals surface area contributed by atoms with Crippen molar-refractivity contribution in [2.24, 2.45) is 5.73 Å². The number of rotatable bonds is 8. The van der Waals surface area contributed by atoms with Crippen LogP contribution in [-0.2, 0) is 4.79 Å². The minimum absolute atomic E-state index is 0.252. The third-order valence-corrected chi connectivity index (χ3v) is 4.81. The first-order valence-corrected chi connectivity index (χ1v) is 11.3. The van der Waals surface area contributed by atoms with Crippen LogP contribution >= 0.6 is 0 Å². The van der Waals surface area contributed by atoms with E-state index in [9.17, 15) is 14.7 Å². The van der Waals surface area contributed by atoms with E-state index in [0.29, 0.717) is 29.9 Å². The topological polar surface area (TPSA) is 115 Å². The molecular weight excluding hydrogens is 434 g/mol. The molecule has 1 aliphatic carbocycles. The summed E-state index contributed by atoms with van der Waals surface area (Å²) < 4.78 is 11.2. The molecule has 3 rings (SSSR count). The monoisotopic (exact) mass is 467 g/mol. The van der Waals surface area contributed by atoms with Crippen LogP contribution < -0.4 is 20.1 Å². The Bertz CT molecular complexity index is 1030. The zero-order valence-electron chi connectivity index (χ0n) is 20.2. The van der Waals surface area contributed by atoms with Gasteiger partial charge in [-0.1, -0.05) is 18.8 Å². The molecule has 0 spiro atoms. The lowest BCUT2D eigenvalue weighted by molar-refractivity contribution is -0.107. The number of nitrogens with zero attached hydrogens (tertiary/aromatic N) is 2. The quantitative estimate of drug-likeness (QED) is 0.455. The van der Waals surface area contributed by atoms with E-state index in [1.807, 2.05) is 13.0 Å². The molecule has 0 bridgehead atoms. The zero-order chi connectivity index (χ0) is 25.1. The van der Waals surface area contributed by atoms with Crippen LogP contribution in [0.4, 0.5) is 5.69 Å². The molecule has 8 nitrogen and oxygen atoms in total. The molecule has 1 aromatic heterocycles. The molecule has 1 saturated carbocycles. The average molecular weight is 468 g/mol. The van der Waals surface area contributed by atoms with E-state index in [1.54, 1.807) is 45.2 Å². The minimum Gasteiger partial charge on any atom is -0.491 e. The summed E-state index contributed by atoms with van der Waals surface area (Å²) in [7, 11) is 1.66. The maximum atomic E-state index is 11.0. The van der Waals surface area contributed by atoms with Gasteiger partial charge in [0.25, 0.3) is 5.91 Å². The summed E-state index contributed by atoms with van der Waals surface area (Å²) in [4.78, 5) is 27.1. The largest absolute Gasteiger partial charge is 0.491 e. The van der Waals surface area contributed by atoms with Gasteiger partial charge in [-0.15, -0.1) is 0 Å². The van der Waals surface area contributed by atoms with Crippen LogP contribution in [0, 0.1) is 11.8 Å². The van der Waals surface area contributed by atoms with Crippen molar-refractivity contribution in [2.75, 3.05) is 18.6 Å². The summed E-state index contributed by atoms with van der Waals surface area (Å²) in [5, 5.41) is 9.61. The van der Waals surface area contributed by atoms with Gasteiger partial charge in [0.15, 0.2) is 0 Å². The van der Waals surface area contributed by atoms with Crippen molar-refractivity contribution in [3.63, 3.8) is 0 Å². The third-order valence-electron chi connectivity index (χ3n) is 4.81. The number of pyridine rings is 1. The van der Waals surface area contributed by atoms with E-state index in [0.717, 1.165) is 31.2 Å². The van der Waals surface area contributed by atoms with Crippen LogP contribution in [0.1, 0.15) is 62.5 Å². The molecular formula is C26H33N3O5. The fourth-order valence-electron chi connectivity index (χ4n) is 2.79. The summed E-state index contributed by atoms with van der Waals surface area (Å²) in [6.07, 6.45) is 6.86. The first-order valence-electron chi connectivity index (χ1n) is 11.3. The van der Waals surface area contributed by atoms with Crippen molar-refractivity contribution in [3.05, 3.63) is 47.8 Å². The molecule has 0 radical (unpaired) electrons. The number of carbonyl (C=O) groups is 2. The highest BCUT2D eigenvalue weighted by molar-refractivity contribution is 5.91. The SMILES string of the molecule is CCCOc1ccc(C#CC(C)(C)O)cc1N(C)C=O.NC(=O)c1cc(OC2CCC2)ccn1. The van der Waals surface area contributed by atoms with E-state index in [4.69, 9.17) is 15.2 Å². The number of nitrogens with two attached hydrogens (primary N) is 1. The fourth-order valence-corrected chi connectivity index (χ4v) is 2.79. The Morgan fingerprint density at radius 3 is 2.62 bits per heavy atom. The molecule has 1 aromatic carbocycles. The summed E-state index contributed by atoms with van der Waals surface area (Å²) in [6.45, 7) is 5.86. The van der Waals surface area contributed by atoms with Crippen molar-refractivity contribution in [2.45, 2.75) is 58.2 Å². The average Bonchev–Trinajstić information content (AvgIpc) is 2.78. The lowest BCUT2D eigenvalue weighted by Gasteiger charge is -2.26. The Morgan fingerprint density at radius 2 is 2.06 bits per heavy atom. The van der Waals surface area contributed by atoms with Crippen molar-refractivity contribution in [3.8, 4) is 23.3 Å². The Labute approximate surface area is 201 Å². The van der Waals surface area contributed by atoms with Crippen molar-refractivity contribution >= 4 is 18.0 Å². The molecule has 2 amide bonds. The number of aromatic nitrogens is 1. The highest BCUT2D eigenvalue weighted by Gasteiger charge is 2.19. The molecule has 1 aliphatic rings. The highest BCUT2D eigenvalue weighted by atomic mass is 16.5. The van der Waals surface area contributed by atoms with Crippen molar-refractivity contribution in [1.82, 2.24) is 4.98 Å². The normalized spacial score (nSPS) is 12.7. The Hall–Kier alpha value is -3.57. The number of primary amides is 1. The molecule has 1 fully saturated rings. The van der Waals surface area contributed by atoms with Crippen LogP contribution in [0.15, 0.2) is 36.5 Å². The summed E-state index contributed by atoms with van der Waals surface area (Å²) >= 11 is 0. The number of carbonyl (C=O) groups excluding carboxylic acids is 2. The van der Waals surface area contributed by atoms with Gasteiger partial charge in [0.2, 0.25) is 6.41 Å². The molecule has 8 heteroatoms. The van der Waals surface area contributed by atoms with Gasteiger partial charge in [-0.05, 0) is 63.8 Å². The van der Waals surface area contributed by atoms with E-state index in [-0.39, 0.29) is 5.69 Å². The molecule has 0 unspecified atom stereocenters. The Morgan fingerprint density at radius 1 is 1.32 bits per heavy atom. The van der Waals surface area contributed by atoms with Gasteiger partial charge in [0, 0.05) is 24.9 Å². The van der Waals surface area contributed by atoms with Gasteiger partial charge in [-0.3, -0.25) is 14.6 Å². The fraction of sp³-hybridized carbons (Fsp3) is 0.423. The number of amides is 2. The van der Waals surface area contributed by atoms with Gasteiger partial charge >= 0.3 is 0 Å². The zero-order valence-corrected chi connectivity index (χ0v) is 20.2. The number of hydrogen-bond donors (Lipinski definition) is 2. The van der Waals surface area contributed by atoms with Gasteiger partial charge in [0.05, 0.1) is 18.4 Å². The van der Waals surface area contributed by atoms with Gasteiger partial charge in [-0.25, -0.2) is 0 Å². The molecule has 3 N–H and O–H groups in total. The first kappa shape index (κ1) is 26.7. The number of hydrogen-bond acceptors (Lipinski definition) is 6. The summed E-state index contributed by atoms with van der Waals surface area (Å²) in [6, 6.07) is 8.70. The predicted octanol–water partition coefficient (Wildman–Crippen LogP) is 3.30. The van der Waals surface area contributed by atoms with Gasteiger partial charge < -0.3 is 25.2 Å². The standard InChI is InChI=1S/C16H21NO3.C10H12N2O2/c1-5-10-20-15-7-6-13(8-9-16(2,3)19)11-14(15)17(4)12-18;11-10(13)9-6-8(4-5-12-9)14-7-2-1-3-7/h6-7,11-12,19H,5,10H2,1-4H3;4-7H,1-3H2,(H2,11,13). The van der Waals surface area contributed by atoms with E-state index in [2.05, 4.69) is 16.8 Å². The van der Waals surface area contributed by atoms with Crippen LogP contribution in [0.25, 0.3) is 0 Å². The second kappa shape index (κ2) is 12.6. The lowest BCUT2D eigenvalue weighted by atomic mass is 9.96. The molecule has 0 atom stereocenters. The molecule has 0 saturated heterocycles. The summed E-state index contributed by atoms with van der Waals surface area (Å²) in [5.41, 5.74) is 5.69. The van der Waals surface area contributed by atoms with Gasteiger partial charge in [-0.2, -0.15) is 0 Å². The van der Waals surface area contributed by atoms with Crippen LogP contribution in [0.5, 0.6) is 11.5 Å². The number of aliphatic hydroxyl groups is 1. The van der Waals surface area contributed by atoms with E-state index >= 15 is 0 Å². The maximum absolute atomic E-state index is 11.0. The van der Waals surface area contributed by atoms with E-state index < -0.39 is 11.5 Å². The third kappa shape index (κ3) is 8.75. The number of benzene rings is 1. The van der Waals surface area contributed by atoms with Crippen LogP contribution in [0.3, 0.4) is 0 Å². The maximum Gasteiger partial charge on any atom is 0.267 e. The second-order valence-corrected chi connectivity index (χ2v) is 8.47. The molecule has 34 heavy (non-hydrogen) atoms. The molecule has 1 heterocycles. The number of anilines is 1. The summed E-state index contributed by atoms with van der Waals surface area (Å²) in [5.74, 6) is 6.44. The highest BCUT2D eigenvalue weighted by Crippen LogP contribution is 2.28. The van der Waals surface area contributed by atoms with Crippen molar-refractivity contribution in [1.29, 1.82) is 0 Å².